The van der Waals surface area contributed by atoms with Crippen molar-refractivity contribution in [1.82, 2.24) is 33.2 Å². The van der Waals surface area contributed by atoms with Gasteiger partial charge in [0, 0.05) is 93.3 Å². The Balaban J connectivity index is 1.04. The molecule has 506 valence electrons. The molecule has 20 rings (SSSR count). The summed E-state index contributed by atoms with van der Waals surface area (Å²) in [5.41, 5.74) is 29.1. The monoisotopic (exact) mass is 1350 g/mol. The molecule has 0 saturated heterocycles. The third-order valence-electron chi connectivity index (χ3n) is 23.0. The van der Waals surface area contributed by atoms with Crippen LogP contribution in [0.15, 0.2) is 267 Å². The van der Waals surface area contributed by atoms with E-state index in [1.165, 1.54) is 92.8 Å². The topological polar surface area (TPSA) is 58.4 Å². The predicted octanol–water partition coefficient (Wildman–Crippen LogP) is 22.9. The summed E-state index contributed by atoms with van der Waals surface area (Å²) in [5, 5.41) is 9.88. The zero-order chi connectivity index (χ0) is 71.5. The minimum Gasteiger partial charge on any atom is -0.310 e. The van der Waals surface area contributed by atoms with Gasteiger partial charge in [-0.2, -0.15) is 0 Å². The highest BCUT2D eigenvalue weighted by molar-refractivity contribution is 7.00. The molecule has 7 nitrogen and oxygen atoms in total. The minimum absolute atomic E-state index is 0.131. The lowest BCUT2D eigenvalue weighted by molar-refractivity contribution is 0.590. The molecule has 0 amide bonds. The van der Waals surface area contributed by atoms with Crippen molar-refractivity contribution < 1.29 is 0 Å². The molecule has 0 aliphatic carbocycles. The van der Waals surface area contributed by atoms with Crippen LogP contribution in [-0.4, -0.2) is 39.9 Å². The number of para-hydroxylation sites is 4. The molecule has 5 aromatic heterocycles. The Hall–Kier alpha value is -11.9. The summed E-state index contributed by atoms with van der Waals surface area (Å²) in [4.78, 5) is 17.5. The van der Waals surface area contributed by atoms with Crippen molar-refractivity contribution in [1.29, 1.82) is 0 Å². The Bertz CT molecular complexity index is 6210. The zero-order valence-electron chi connectivity index (χ0n) is 61.6. The highest BCUT2D eigenvalue weighted by atomic mass is 15.1. The first-order chi connectivity index (χ1) is 50.6. The van der Waals surface area contributed by atoms with E-state index in [0.29, 0.717) is 17.5 Å². The van der Waals surface area contributed by atoms with Crippen molar-refractivity contribution in [2.24, 2.45) is 0 Å². The predicted molar refractivity (Wildman–Crippen MR) is 444 cm³/mol. The van der Waals surface area contributed by atoms with E-state index in [2.05, 4.69) is 368 Å². The largest absolute Gasteiger partial charge is 0.310 e. The van der Waals surface area contributed by atoms with Crippen LogP contribution in [0.3, 0.4) is 0 Å². The maximum absolute atomic E-state index is 5.98. The smallest absolute Gasteiger partial charge is 0.252 e. The summed E-state index contributed by atoms with van der Waals surface area (Å²) in [5.74, 6) is 1.77. The number of aromatic nitrogens is 7. The van der Waals surface area contributed by atoms with E-state index in [0.717, 1.165) is 94.8 Å². The van der Waals surface area contributed by atoms with Gasteiger partial charge in [0.15, 0.2) is 17.5 Å². The molecule has 105 heavy (non-hydrogen) atoms. The van der Waals surface area contributed by atoms with Crippen LogP contribution in [0.2, 0.25) is 0 Å². The lowest BCUT2D eigenvalue weighted by atomic mass is 9.33. The molecule has 13 aromatic carbocycles. The molecule has 2 aliphatic rings. The molecule has 0 atom stereocenters. The second kappa shape index (κ2) is 22.3. The molecule has 18 aromatic rings. The molecule has 0 fully saturated rings. The Kier molecular flexibility index (Phi) is 13.4. The van der Waals surface area contributed by atoms with E-state index < -0.39 is 0 Å². The normalized spacial score (nSPS) is 13.1. The summed E-state index contributed by atoms with van der Waals surface area (Å²) in [6.45, 7) is 28.2. The van der Waals surface area contributed by atoms with Crippen LogP contribution in [-0.2, 0) is 21.7 Å². The number of nitrogens with zero attached hydrogens (tertiary/aromatic N) is 7. The van der Waals surface area contributed by atoms with Gasteiger partial charge in [0.25, 0.3) is 6.71 Å². The number of fused-ring (bicyclic) bond motifs is 16. The lowest BCUT2D eigenvalue weighted by Gasteiger charge is -2.39. The highest BCUT2D eigenvalue weighted by Crippen LogP contribution is 2.53. The van der Waals surface area contributed by atoms with Gasteiger partial charge >= 0.3 is 0 Å². The van der Waals surface area contributed by atoms with E-state index in [1.807, 2.05) is 0 Å². The van der Waals surface area contributed by atoms with Crippen LogP contribution in [0.5, 0.6) is 0 Å². The quantitative estimate of drug-likeness (QED) is 0.149. The molecule has 0 bridgehead atoms. The first-order valence-electron chi connectivity index (χ1n) is 37.2. The summed E-state index contributed by atoms with van der Waals surface area (Å²) in [6.07, 6.45) is 0. The summed E-state index contributed by atoms with van der Waals surface area (Å²) >= 11 is 0. The van der Waals surface area contributed by atoms with Gasteiger partial charge in [-0.15, -0.1) is 0 Å². The number of hydrogen-bond donors (Lipinski definition) is 0. The summed E-state index contributed by atoms with van der Waals surface area (Å²) in [6, 6.07) is 100. The Morgan fingerprint density at radius 3 is 0.914 bits per heavy atom. The average molecular weight is 1350 g/mol. The van der Waals surface area contributed by atoms with Gasteiger partial charge in [-0.3, -0.25) is 0 Å². The first-order valence-corrected chi connectivity index (χ1v) is 37.2. The van der Waals surface area contributed by atoms with E-state index in [4.69, 9.17) is 15.0 Å². The molecular formula is C97H80BN7. The van der Waals surface area contributed by atoms with Crippen molar-refractivity contribution in [3.8, 4) is 79.2 Å². The Labute approximate surface area is 612 Å². The number of benzene rings is 13. The van der Waals surface area contributed by atoms with Gasteiger partial charge in [0.1, 0.15) is 0 Å². The van der Waals surface area contributed by atoms with E-state index in [9.17, 15) is 0 Å². The molecule has 2 aliphatic heterocycles. The summed E-state index contributed by atoms with van der Waals surface area (Å²) in [7, 11) is 0. The van der Waals surface area contributed by atoms with Crippen molar-refractivity contribution >= 4 is 110 Å². The average Bonchev–Trinajstić information content (AvgIpc) is 1.59. The van der Waals surface area contributed by atoms with E-state index in [-0.39, 0.29) is 28.4 Å². The SMILES string of the molecule is CC(C)(C)c1ccc2c(c1)c1cc(C(C)(C)C)cc3c1n2-c1c2c(c(-c4ccc(-n5c6ccccc6c6ccccc65)cc4)c(-c4nc(-c5ccccc5)nc(-c5ccccc5)n4)c1-c1ccc(-n4c5ccccc5c5ccccc54)cc1)-n1c4ccc(C(C)(C)C)cc4c4cc(C(C)(C)C)cc(c41)B23. The van der Waals surface area contributed by atoms with Crippen LogP contribution in [0, 0.1) is 0 Å². The van der Waals surface area contributed by atoms with Crippen molar-refractivity contribution in [3.63, 3.8) is 0 Å². The molecule has 0 unspecified atom stereocenters. The second-order valence-corrected chi connectivity index (χ2v) is 33.6. The maximum atomic E-state index is 5.98. The number of hydrogen-bond acceptors (Lipinski definition) is 3. The molecule has 8 heteroatoms. The van der Waals surface area contributed by atoms with Gasteiger partial charge in [-0.05, 0) is 156 Å². The van der Waals surface area contributed by atoms with Gasteiger partial charge in [-0.25, -0.2) is 15.0 Å². The second-order valence-electron chi connectivity index (χ2n) is 33.6. The molecule has 0 radical (unpaired) electrons. The van der Waals surface area contributed by atoms with Crippen LogP contribution < -0.4 is 16.4 Å². The first kappa shape index (κ1) is 62.9. The minimum atomic E-state index is -0.263. The Morgan fingerprint density at radius 2 is 0.562 bits per heavy atom. The van der Waals surface area contributed by atoms with Crippen molar-refractivity contribution in [2.75, 3.05) is 0 Å². The van der Waals surface area contributed by atoms with E-state index >= 15 is 0 Å². The van der Waals surface area contributed by atoms with Crippen molar-refractivity contribution in [2.45, 2.75) is 105 Å². The van der Waals surface area contributed by atoms with Crippen LogP contribution in [0.1, 0.15) is 105 Å². The standard InChI is InChI=1S/C97H80BN7/c1-94(2,3)61-43-49-81-71(51-61)73-53-63(96(7,8)9)55-75-87(73)104(81)89-83(57-39-45-65(46-40-57)102-77-35-23-19-31-67(77)68-32-20-24-36-78(68)102)85(93-100-91(59-27-15-13-16-28-59)99-92(101-93)60-29-17-14-18-30-60)84(58-41-47-66(48-42-58)103-79-37-25-21-33-69(79)70-34-22-26-38-80(70)103)90-86(89)98(75)76-56-64(97(10,11)12)54-74-72-52-62(95(4,5)6)44-50-82(72)105(90)88(74)76/h13-56H,1-12H3. The van der Waals surface area contributed by atoms with Gasteiger partial charge in [0.05, 0.1) is 44.5 Å². The zero-order valence-corrected chi connectivity index (χ0v) is 61.6. The third kappa shape index (κ3) is 9.40. The molecular weight excluding hydrogens is 1270 g/mol. The molecule has 7 heterocycles. The fourth-order valence-electron chi connectivity index (χ4n) is 17.7. The third-order valence-corrected chi connectivity index (χ3v) is 23.0. The van der Waals surface area contributed by atoms with Gasteiger partial charge in [-0.1, -0.05) is 265 Å². The van der Waals surface area contributed by atoms with E-state index in [1.54, 1.807) is 0 Å². The van der Waals surface area contributed by atoms with Gasteiger partial charge < -0.3 is 18.3 Å². The van der Waals surface area contributed by atoms with Crippen LogP contribution >= 0.6 is 0 Å². The molecule has 0 spiro atoms. The fraction of sp³-hybridized carbons (Fsp3) is 0.165. The molecule has 0 saturated carbocycles. The lowest BCUT2D eigenvalue weighted by Crippen LogP contribution is -2.60. The summed E-state index contributed by atoms with van der Waals surface area (Å²) < 4.78 is 10.3. The van der Waals surface area contributed by atoms with Crippen molar-refractivity contribution in [3.05, 3.63) is 289 Å². The van der Waals surface area contributed by atoms with Gasteiger partial charge in [0.2, 0.25) is 0 Å². The number of rotatable bonds is 7. The molecule has 0 N–H and O–H groups in total. The fourth-order valence-corrected chi connectivity index (χ4v) is 17.7. The van der Waals surface area contributed by atoms with Crippen LogP contribution in [0.25, 0.3) is 166 Å². The Morgan fingerprint density at radius 1 is 0.248 bits per heavy atom. The van der Waals surface area contributed by atoms with Crippen LogP contribution in [0.4, 0.5) is 0 Å². The maximum Gasteiger partial charge on any atom is 0.252 e. The highest BCUT2D eigenvalue weighted by Gasteiger charge is 2.47.